The average molecular weight is 323 g/mol. The monoisotopic (exact) mass is 323 g/mol. The standard InChI is InChI=1S/C19H25N5/c1-4-9-16-21-17-14(3)23-24(5-2)18(17)19(22-16)20-13-12-15-10-7-6-8-11-15/h6-8,10-11H,4-5,9,12-13H2,1-3H3,(H,20,21,22). The average Bonchev–Trinajstić information content (AvgIpc) is 2.92. The van der Waals surface area contributed by atoms with Gasteiger partial charge in [0.1, 0.15) is 16.9 Å². The summed E-state index contributed by atoms with van der Waals surface area (Å²) in [7, 11) is 0. The fraction of sp³-hybridized carbons (Fsp3) is 0.421. The Balaban J connectivity index is 1.89. The van der Waals surface area contributed by atoms with E-state index in [1.807, 2.05) is 17.7 Å². The van der Waals surface area contributed by atoms with Gasteiger partial charge in [-0.3, -0.25) is 4.68 Å². The molecule has 0 radical (unpaired) electrons. The largest absolute Gasteiger partial charge is 0.368 e. The molecule has 3 rings (SSSR count). The molecule has 1 aromatic carbocycles. The van der Waals surface area contributed by atoms with Crippen molar-refractivity contribution in [3.05, 3.63) is 47.4 Å². The van der Waals surface area contributed by atoms with Crippen LogP contribution in [0.4, 0.5) is 5.82 Å². The summed E-state index contributed by atoms with van der Waals surface area (Å²) in [6, 6.07) is 10.5. The molecule has 5 nitrogen and oxygen atoms in total. The maximum absolute atomic E-state index is 4.76. The third kappa shape index (κ3) is 3.40. The van der Waals surface area contributed by atoms with E-state index < -0.39 is 0 Å². The van der Waals surface area contributed by atoms with E-state index in [1.165, 1.54) is 5.56 Å². The lowest BCUT2D eigenvalue weighted by atomic mass is 10.1. The van der Waals surface area contributed by atoms with E-state index in [0.29, 0.717) is 0 Å². The lowest BCUT2D eigenvalue weighted by Crippen LogP contribution is -2.10. The minimum Gasteiger partial charge on any atom is -0.368 e. The van der Waals surface area contributed by atoms with Crippen molar-refractivity contribution in [3.8, 4) is 0 Å². The van der Waals surface area contributed by atoms with E-state index in [2.05, 4.69) is 48.5 Å². The Morgan fingerprint density at radius 2 is 1.83 bits per heavy atom. The van der Waals surface area contributed by atoms with Crippen LogP contribution in [0.25, 0.3) is 11.0 Å². The van der Waals surface area contributed by atoms with Gasteiger partial charge in [-0.25, -0.2) is 9.97 Å². The summed E-state index contributed by atoms with van der Waals surface area (Å²) in [5.41, 5.74) is 4.28. The Morgan fingerprint density at radius 1 is 1.04 bits per heavy atom. The molecule has 3 aromatic rings. The molecule has 5 heteroatoms. The zero-order chi connectivity index (χ0) is 16.9. The number of aryl methyl sites for hydroxylation is 3. The van der Waals surface area contributed by atoms with E-state index in [-0.39, 0.29) is 0 Å². The van der Waals surface area contributed by atoms with Crippen LogP contribution in [0.1, 0.15) is 37.4 Å². The summed E-state index contributed by atoms with van der Waals surface area (Å²) in [4.78, 5) is 9.49. The van der Waals surface area contributed by atoms with Crippen molar-refractivity contribution in [1.29, 1.82) is 0 Å². The van der Waals surface area contributed by atoms with Gasteiger partial charge in [0.25, 0.3) is 0 Å². The van der Waals surface area contributed by atoms with Crippen molar-refractivity contribution in [2.75, 3.05) is 11.9 Å². The Bertz CT molecular complexity index is 807. The lowest BCUT2D eigenvalue weighted by Gasteiger charge is -2.10. The van der Waals surface area contributed by atoms with Gasteiger partial charge in [-0.05, 0) is 32.3 Å². The van der Waals surface area contributed by atoms with Gasteiger partial charge in [0.2, 0.25) is 0 Å². The Kier molecular flexibility index (Phi) is 5.08. The molecule has 0 aliphatic heterocycles. The van der Waals surface area contributed by atoms with Crippen LogP contribution in [0.5, 0.6) is 0 Å². The highest BCUT2D eigenvalue weighted by molar-refractivity contribution is 5.87. The molecule has 0 saturated heterocycles. The van der Waals surface area contributed by atoms with Crippen LogP contribution in [0.15, 0.2) is 30.3 Å². The molecule has 0 spiro atoms. The van der Waals surface area contributed by atoms with Gasteiger partial charge in [0.15, 0.2) is 5.82 Å². The Labute approximate surface area is 143 Å². The summed E-state index contributed by atoms with van der Waals surface area (Å²) in [5, 5.41) is 8.12. The molecule has 0 aliphatic carbocycles. The van der Waals surface area contributed by atoms with Gasteiger partial charge >= 0.3 is 0 Å². The first kappa shape index (κ1) is 16.4. The quantitative estimate of drug-likeness (QED) is 0.719. The van der Waals surface area contributed by atoms with Crippen molar-refractivity contribution < 1.29 is 0 Å². The maximum Gasteiger partial charge on any atom is 0.156 e. The van der Waals surface area contributed by atoms with Crippen molar-refractivity contribution in [2.45, 2.75) is 46.6 Å². The smallest absolute Gasteiger partial charge is 0.156 e. The van der Waals surface area contributed by atoms with Gasteiger partial charge < -0.3 is 5.32 Å². The lowest BCUT2D eigenvalue weighted by molar-refractivity contribution is 0.675. The Hall–Kier alpha value is -2.43. The summed E-state index contributed by atoms with van der Waals surface area (Å²) in [5.74, 6) is 1.80. The first-order valence-corrected chi connectivity index (χ1v) is 8.74. The highest BCUT2D eigenvalue weighted by Crippen LogP contribution is 2.23. The van der Waals surface area contributed by atoms with Crippen LogP contribution in [0.2, 0.25) is 0 Å². The van der Waals surface area contributed by atoms with Crippen LogP contribution < -0.4 is 5.32 Å². The first-order chi connectivity index (χ1) is 11.7. The molecule has 0 saturated carbocycles. The number of hydrogen-bond donors (Lipinski definition) is 1. The first-order valence-electron chi connectivity index (χ1n) is 8.74. The molecule has 0 fully saturated rings. The fourth-order valence-electron chi connectivity index (χ4n) is 2.93. The van der Waals surface area contributed by atoms with Gasteiger partial charge in [-0.2, -0.15) is 5.10 Å². The SMILES string of the molecule is CCCc1nc(NCCc2ccccc2)c2c(n1)c(C)nn2CC. The molecule has 1 N–H and O–H groups in total. The number of anilines is 1. The van der Waals surface area contributed by atoms with Crippen LogP contribution in [0, 0.1) is 6.92 Å². The van der Waals surface area contributed by atoms with Crippen molar-refractivity contribution in [2.24, 2.45) is 0 Å². The second-order valence-electron chi connectivity index (χ2n) is 6.00. The third-order valence-corrected chi connectivity index (χ3v) is 4.12. The van der Waals surface area contributed by atoms with Crippen molar-refractivity contribution >= 4 is 16.9 Å². The van der Waals surface area contributed by atoms with E-state index in [1.54, 1.807) is 0 Å². The number of hydrogen-bond acceptors (Lipinski definition) is 4. The summed E-state index contributed by atoms with van der Waals surface area (Å²) >= 11 is 0. The van der Waals surface area contributed by atoms with Crippen molar-refractivity contribution in [3.63, 3.8) is 0 Å². The van der Waals surface area contributed by atoms with E-state index in [9.17, 15) is 0 Å². The second-order valence-corrected chi connectivity index (χ2v) is 6.00. The number of nitrogens with zero attached hydrogens (tertiary/aromatic N) is 4. The van der Waals surface area contributed by atoms with E-state index in [0.717, 1.165) is 60.7 Å². The molecule has 126 valence electrons. The van der Waals surface area contributed by atoms with Crippen LogP contribution in [-0.2, 0) is 19.4 Å². The summed E-state index contributed by atoms with van der Waals surface area (Å²) < 4.78 is 1.99. The molecule has 0 bridgehead atoms. The van der Waals surface area contributed by atoms with Crippen LogP contribution >= 0.6 is 0 Å². The molecule has 2 aromatic heterocycles. The number of fused-ring (bicyclic) bond motifs is 1. The predicted octanol–water partition coefficient (Wildman–Crippen LogP) is 3.76. The molecular weight excluding hydrogens is 298 g/mol. The number of aromatic nitrogens is 4. The molecule has 0 atom stereocenters. The van der Waals surface area contributed by atoms with Crippen LogP contribution in [0.3, 0.4) is 0 Å². The predicted molar refractivity (Wildman–Crippen MR) is 98.4 cm³/mol. The van der Waals surface area contributed by atoms with Gasteiger partial charge in [-0.15, -0.1) is 0 Å². The number of rotatable bonds is 7. The van der Waals surface area contributed by atoms with Gasteiger partial charge in [0.05, 0.1) is 5.69 Å². The molecule has 24 heavy (non-hydrogen) atoms. The van der Waals surface area contributed by atoms with Gasteiger partial charge in [0, 0.05) is 19.5 Å². The van der Waals surface area contributed by atoms with Gasteiger partial charge in [-0.1, -0.05) is 37.3 Å². The second kappa shape index (κ2) is 7.43. The molecule has 0 unspecified atom stereocenters. The summed E-state index contributed by atoms with van der Waals surface area (Å²) in [6.45, 7) is 7.92. The minimum atomic E-state index is 0.814. The van der Waals surface area contributed by atoms with Crippen molar-refractivity contribution in [1.82, 2.24) is 19.7 Å². The number of nitrogens with one attached hydrogen (secondary N) is 1. The zero-order valence-electron chi connectivity index (χ0n) is 14.7. The molecule has 2 heterocycles. The molecule has 0 amide bonds. The third-order valence-electron chi connectivity index (χ3n) is 4.12. The minimum absolute atomic E-state index is 0.814. The maximum atomic E-state index is 4.76. The zero-order valence-corrected chi connectivity index (χ0v) is 14.7. The van der Waals surface area contributed by atoms with Crippen LogP contribution in [-0.4, -0.2) is 26.3 Å². The number of benzene rings is 1. The normalized spacial score (nSPS) is 11.1. The topological polar surface area (TPSA) is 55.6 Å². The Morgan fingerprint density at radius 3 is 2.54 bits per heavy atom. The fourth-order valence-corrected chi connectivity index (χ4v) is 2.93. The van der Waals surface area contributed by atoms with E-state index in [4.69, 9.17) is 9.97 Å². The van der Waals surface area contributed by atoms with E-state index >= 15 is 0 Å². The highest BCUT2D eigenvalue weighted by Gasteiger charge is 2.15. The highest BCUT2D eigenvalue weighted by atomic mass is 15.3. The summed E-state index contributed by atoms with van der Waals surface area (Å²) in [6.07, 6.45) is 2.89. The molecular formula is C19H25N5. The molecule has 0 aliphatic rings.